The Bertz CT molecular complexity index is 896. The first kappa shape index (κ1) is 22.0. The third-order valence-corrected chi connectivity index (χ3v) is 6.57. The highest BCUT2D eigenvalue weighted by molar-refractivity contribution is 8.03. The number of nitrogens with two attached hydrogens (primary N) is 1. The molecule has 1 saturated carbocycles. The number of nitrogens with one attached hydrogen (secondary N) is 1. The number of hydrogen-bond acceptors (Lipinski definition) is 6. The quantitative estimate of drug-likeness (QED) is 0.645. The molecule has 3 rings (SSSR count). The van der Waals surface area contributed by atoms with Gasteiger partial charge in [0.1, 0.15) is 0 Å². The van der Waals surface area contributed by atoms with Crippen LogP contribution in [-0.4, -0.2) is 24.2 Å². The number of carbonyl (C=O) groups excluding carboxylic acids is 2. The van der Waals surface area contributed by atoms with Crippen molar-refractivity contribution in [3.63, 3.8) is 0 Å². The molecular weight excluding hydrogens is 398 g/mol. The highest BCUT2D eigenvalue weighted by atomic mass is 32.2. The monoisotopic (exact) mass is 425 g/mol. The second-order valence-electron chi connectivity index (χ2n) is 7.49. The largest absolute Gasteiger partial charge is 0.463 e. The average molecular weight is 426 g/mol. The Labute approximate surface area is 181 Å². The number of hydrogen-bond donors (Lipinski definition) is 2. The van der Waals surface area contributed by atoms with Gasteiger partial charge in [-0.1, -0.05) is 61.4 Å². The predicted octanol–water partition coefficient (Wildman–Crippen LogP) is 3.71. The Morgan fingerprint density at radius 1 is 1.23 bits per heavy atom. The highest BCUT2D eigenvalue weighted by Crippen LogP contribution is 2.45. The van der Waals surface area contributed by atoms with E-state index in [-0.39, 0.29) is 24.2 Å². The molecule has 1 heterocycles. The molecule has 158 valence electrons. The van der Waals surface area contributed by atoms with Gasteiger partial charge >= 0.3 is 5.97 Å². The van der Waals surface area contributed by atoms with Gasteiger partial charge in [-0.3, -0.25) is 4.79 Å². The van der Waals surface area contributed by atoms with Crippen LogP contribution < -0.4 is 11.1 Å². The summed E-state index contributed by atoms with van der Waals surface area (Å²) >= 11 is 1.22. The Hall–Kier alpha value is -2.72. The molecule has 1 fully saturated rings. The Balaban J connectivity index is 2.16. The van der Waals surface area contributed by atoms with Crippen molar-refractivity contribution in [2.75, 3.05) is 12.4 Å². The van der Waals surface area contributed by atoms with Gasteiger partial charge in [0.25, 0.3) is 0 Å². The molecule has 0 bridgehead atoms. The summed E-state index contributed by atoms with van der Waals surface area (Å²) in [6, 6.07) is 11.9. The van der Waals surface area contributed by atoms with Crippen LogP contribution in [0.5, 0.6) is 0 Å². The minimum atomic E-state index is -0.456. The molecule has 1 unspecified atom stereocenters. The van der Waals surface area contributed by atoms with Crippen molar-refractivity contribution in [2.45, 2.75) is 39.0 Å². The van der Waals surface area contributed by atoms with Crippen molar-refractivity contribution in [1.29, 1.82) is 5.26 Å². The number of benzene rings is 1. The van der Waals surface area contributed by atoms with Crippen LogP contribution in [0.3, 0.4) is 0 Å². The van der Waals surface area contributed by atoms with E-state index in [1.54, 1.807) is 6.92 Å². The van der Waals surface area contributed by atoms with Crippen LogP contribution in [-0.2, 0) is 14.3 Å². The topological polar surface area (TPSA) is 105 Å². The molecule has 0 spiro atoms. The van der Waals surface area contributed by atoms with E-state index in [4.69, 9.17) is 10.5 Å². The van der Waals surface area contributed by atoms with E-state index >= 15 is 0 Å². The number of carbonyl (C=O) groups is 2. The van der Waals surface area contributed by atoms with Crippen LogP contribution >= 0.6 is 11.8 Å². The van der Waals surface area contributed by atoms with Gasteiger partial charge in [-0.15, -0.1) is 0 Å². The lowest BCUT2D eigenvalue weighted by atomic mass is 9.71. The summed E-state index contributed by atoms with van der Waals surface area (Å²) in [4.78, 5) is 24.5. The molecule has 1 aliphatic heterocycles. The van der Waals surface area contributed by atoms with Gasteiger partial charge in [-0.25, -0.2) is 4.79 Å². The summed E-state index contributed by atoms with van der Waals surface area (Å²) in [5, 5.41) is 13.9. The van der Waals surface area contributed by atoms with Crippen molar-refractivity contribution in [2.24, 2.45) is 17.6 Å². The molecule has 30 heavy (non-hydrogen) atoms. The Kier molecular flexibility index (Phi) is 7.58. The summed E-state index contributed by atoms with van der Waals surface area (Å²) in [6.45, 7) is 2.04. The number of ether oxygens (including phenoxy) is 1. The van der Waals surface area contributed by atoms with Crippen LogP contribution in [0, 0.1) is 23.2 Å². The van der Waals surface area contributed by atoms with Gasteiger partial charge in [-0.2, -0.15) is 5.26 Å². The molecule has 0 radical (unpaired) electrons. The van der Waals surface area contributed by atoms with E-state index in [2.05, 4.69) is 11.4 Å². The zero-order chi connectivity index (χ0) is 21.5. The lowest BCUT2D eigenvalue weighted by Crippen LogP contribution is -2.35. The van der Waals surface area contributed by atoms with Crippen molar-refractivity contribution < 1.29 is 14.3 Å². The van der Waals surface area contributed by atoms with Crippen LogP contribution in [0.2, 0.25) is 0 Å². The summed E-state index contributed by atoms with van der Waals surface area (Å²) in [5.74, 6) is -0.978. The SMILES string of the molecule is CCOC(=O)C1=C(c2ccccc2)NC(SCC(N)=O)=C(C#N)C1C1CCCCC1. The fraction of sp³-hybridized carbons (Fsp3) is 0.435. The van der Waals surface area contributed by atoms with Crippen LogP contribution in [0.25, 0.3) is 5.70 Å². The average Bonchev–Trinajstić information content (AvgIpc) is 2.77. The number of amides is 1. The van der Waals surface area contributed by atoms with Crippen LogP contribution in [0.4, 0.5) is 0 Å². The molecular formula is C23H27N3O3S. The molecule has 1 aromatic rings. The molecule has 0 aromatic heterocycles. The second kappa shape index (κ2) is 10.4. The molecule has 7 heteroatoms. The normalized spacial score (nSPS) is 19.8. The number of dihydropyridines is 1. The second-order valence-corrected chi connectivity index (χ2v) is 8.47. The number of nitrogens with zero attached hydrogens (tertiary/aromatic N) is 1. The van der Waals surface area contributed by atoms with Gasteiger partial charge in [-0.05, 0) is 31.2 Å². The minimum Gasteiger partial charge on any atom is -0.463 e. The maximum absolute atomic E-state index is 13.1. The fourth-order valence-corrected chi connectivity index (χ4v) is 5.06. The molecule has 2 aliphatic rings. The van der Waals surface area contributed by atoms with Gasteiger partial charge in [0, 0.05) is 5.92 Å². The molecule has 6 nitrogen and oxygen atoms in total. The van der Waals surface area contributed by atoms with Crippen molar-refractivity contribution in [3.05, 3.63) is 52.1 Å². The van der Waals surface area contributed by atoms with E-state index in [9.17, 15) is 14.9 Å². The maximum atomic E-state index is 13.1. The van der Waals surface area contributed by atoms with E-state index in [0.717, 1.165) is 31.2 Å². The van der Waals surface area contributed by atoms with Gasteiger partial charge in [0.2, 0.25) is 5.91 Å². The number of primary amides is 1. The van der Waals surface area contributed by atoms with Gasteiger partial charge in [0.05, 0.1) is 40.3 Å². The lowest BCUT2D eigenvalue weighted by Gasteiger charge is -2.36. The third kappa shape index (κ3) is 4.88. The van der Waals surface area contributed by atoms with Gasteiger partial charge in [0.15, 0.2) is 0 Å². The molecule has 1 amide bonds. The van der Waals surface area contributed by atoms with Crippen molar-refractivity contribution >= 4 is 29.3 Å². The van der Waals surface area contributed by atoms with Crippen LogP contribution in [0.15, 0.2) is 46.5 Å². The Morgan fingerprint density at radius 2 is 1.93 bits per heavy atom. The number of nitriles is 1. The predicted molar refractivity (Wildman–Crippen MR) is 117 cm³/mol. The summed E-state index contributed by atoms with van der Waals surface area (Å²) in [5.41, 5.74) is 7.85. The lowest BCUT2D eigenvalue weighted by molar-refractivity contribution is -0.139. The highest BCUT2D eigenvalue weighted by Gasteiger charge is 2.40. The molecule has 1 atom stereocenters. The molecule has 0 saturated heterocycles. The number of rotatable bonds is 7. The van der Waals surface area contributed by atoms with E-state index < -0.39 is 11.9 Å². The molecule has 1 aliphatic carbocycles. The van der Waals surface area contributed by atoms with E-state index in [1.165, 1.54) is 18.2 Å². The zero-order valence-corrected chi connectivity index (χ0v) is 18.0. The number of thioether (sulfide) groups is 1. The fourth-order valence-electron chi connectivity index (χ4n) is 4.28. The summed E-state index contributed by atoms with van der Waals surface area (Å²) in [6.07, 6.45) is 5.23. The summed E-state index contributed by atoms with van der Waals surface area (Å²) < 4.78 is 5.43. The van der Waals surface area contributed by atoms with Crippen LogP contribution in [0.1, 0.15) is 44.6 Å². The Morgan fingerprint density at radius 3 is 2.53 bits per heavy atom. The van der Waals surface area contributed by atoms with Crippen molar-refractivity contribution in [1.82, 2.24) is 5.32 Å². The zero-order valence-electron chi connectivity index (χ0n) is 17.1. The number of allylic oxidation sites excluding steroid dienone is 1. The smallest absolute Gasteiger partial charge is 0.336 e. The first-order valence-electron chi connectivity index (χ1n) is 10.4. The standard InChI is InChI=1S/C23H27N3O3S/c1-2-29-23(28)20-19(15-9-5-3-6-10-15)17(13-24)22(30-14-18(25)27)26-21(20)16-11-7-4-8-12-16/h4,7-8,11-12,15,19,26H,2-3,5-6,9-10,14H2,1H3,(H2,25,27). The van der Waals surface area contributed by atoms with Crippen molar-refractivity contribution in [3.8, 4) is 6.07 Å². The molecule has 3 N–H and O–H groups in total. The first-order valence-corrected chi connectivity index (χ1v) is 11.3. The third-order valence-electron chi connectivity index (χ3n) is 5.53. The number of esters is 1. The molecule has 1 aromatic carbocycles. The van der Waals surface area contributed by atoms with Gasteiger partial charge < -0.3 is 15.8 Å². The summed E-state index contributed by atoms with van der Waals surface area (Å²) in [7, 11) is 0. The minimum absolute atomic E-state index is 0.0573. The maximum Gasteiger partial charge on any atom is 0.336 e. The van der Waals surface area contributed by atoms with E-state index in [0.29, 0.717) is 21.9 Å². The van der Waals surface area contributed by atoms with E-state index in [1.807, 2.05) is 30.3 Å². The first-order chi connectivity index (χ1) is 14.6.